The average molecular weight is 196 g/mol. The van der Waals surface area contributed by atoms with Gasteiger partial charge in [0.05, 0.1) is 6.61 Å². The summed E-state index contributed by atoms with van der Waals surface area (Å²) in [7, 11) is 0. The zero-order valence-corrected chi connectivity index (χ0v) is 7.87. The Morgan fingerprint density at radius 2 is 1.93 bits per heavy atom. The molecule has 0 amide bonds. The molecule has 0 bridgehead atoms. The van der Waals surface area contributed by atoms with Gasteiger partial charge in [-0.15, -0.1) is 0 Å². The molecule has 3 heteroatoms. The molecule has 0 radical (unpaired) electrons. The molecule has 1 N–H and O–H groups in total. The lowest BCUT2D eigenvalue weighted by atomic mass is 9.97. The summed E-state index contributed by atoms with van der Waals surface area (Å²) in [6, 6.07) is 5.82. The minimum Gasteiger partial charge on any atom is -0.362 e. The Bertz CT molecular complexity index is 302. The van der Waals surface area contributed by atoms with Gasteiger partial charge in [-0.25, -0.2) is 4.39 Å². The van der Waals surface area contributed by atoms with Crippen molar-refractivity contribution in [3.8, 4) is 0 Å². The first-order chi connectivity index (χ1) is 6.71. The molecule has 2 rings (SSSR count). The average Bonchev–Trinajstić information content (AvgIpc) is 2.19. The Labute approximate surface area is 82.3 Å². The van der Waals surface area contributed by atoms with Gasteiger partial charge in [-0.05, 0) is 25.0 Å². The highest BCUT2D eigenvalue weighted by atomic mass is 19.1. The molecule has 1 aliphatic rings. The van der Waals surface area contributed by atoms with Crippen molar-refractivity contribution in [2.45, 2.75) is 25.0 Å². The summed E-state index contributed by atoms with van der Waals surface area (Å²) in [6.45, 7) is 0.563. The summed E-state index contributed by atoms with van der Waals surface area (Å²) >= 11 is 0. The molecule has 76 valence electrons. The molecule has 1 aliphatic heterocycles. The third-order valence-corrected chi connectivity index (χ3v) is 2.55. The highest BCUT2D eigenvalue weighted by Crippen LogP contribution is 2.32. The summed E-state index contributed by atoms with van der Waals surface area (Å²) in [6.07, 6.45) is 2.50. The fraction of sp³-hybridized carbons (Fsp3) is 0.455. The van der Waals surface area contributed by atoms with E-state index in [1.165, 1.54) is 12.1 Å². The van der Waals surface area contributed by atoms with Gasteiger partial charge in [0.2, 0.25) is 0 Å². The van der Waals surface area contributed by atoms with Gasteiger partial charge in [0.15, 0.2) is 5.79 Å². The smallest absolute Gasteiger partial charge is 0.192 e. The van der Waals surface area contributed by atoms with Gasteiger partial charge in [-0.2, -0.15) is 0 Å². The van der Waals surface area contributed by atoms with Crippen LogP contribution in [0.5, 0.6) is 0 Å². The second kappa shape index (κ2) is 3.67. The molecule has 1 unspecified atom stereocenters. The molecule has 1 saturated heterocycles. The molecule has 1 fully saturated rings. The largest absolute Gasteiger partial charge is 0.362 e. The monoisotopic (exact) mass is 196 g/mol. The first-order valence-corrected chi connectivity index (χ1v) is 4.83. The lowest BCUT2D eigenvalue weighted by molar-refractivity contribution is -0.233. The topological polar surface area (TPSA) is 29.5 Å². The first kappa shape index (κ1) is 9.62. The van der Waals surface area contributed by atoms with Gasteiger partial charge in [0.1, 0.15) is 5.82 Å². The maximum atomic E-state index is 12.7. The van der Waals surface area contributed by atoms with Crippen LogP contribution in [-0.4, -0.2) is 11.7 Å². The molecule has 0 aromatic heterocycles. The second-order valence-electron chi connectivity index (χ2n) is 3.60. The summed E-state index contributed by atoms with van der Waals surface area (Å²) in [5, 5.41) is 10.1. The molecule has 2 nitrogen and oxygen atoms in total. The van der Waals surface area contributed by atoms with E-state index in [1.54, 1.807) is 12.1 Å². The normalized spacial score (nSPS) is 27.6. The van der Waals surface area contributed by atoms with Crippen LogP contribution < -0.4 is 0 Å². The van der Waals surface area contributed by atoms with Crippen LogP contribution in [-0.2, 0) is 10.5 Å². The fourth-order valence-corrected chi connectivity index (χ4v) is 1.72. The van der Waals surface area contributed by atoms with E-state index in [2.05, 4.69) is 0 Å². The Hall–Kier alpha value is -0.930. The summed E-state index contributed by atoms with van der Waals surface area (Å²) in [5.74, 6) is -1.50. The van der Waals surface area contributed by atoms with Crippen LogP contribution in [0.4, 0.5) is 4.39 Å². The predicted octanol–water partition coefficient (Wildman–Crippen LogP) is 2.17. The third kappa shape index (κ3) is 1.79. The van der Waals surface area contributed by atoms with Crippen molar-refractivity contribution < 1.29 is 14.2 Å². The van der Waals surface area contributed by atoms with Crippen molar-refractivity contribution in [1.29, 1.82) is 0 Å². The number of hydrogen-bond donors (Lipinski definition) is 1. The van der Waals surface area contributed by atoms with Crippen molar-refractivity contribution in [2.75, 3.05) is 6.61 Å². The van der Waals surface area contributed by atoms with E-state index < -0.39 is 5.79 Å². The summed E-state index contributed by atoms with van der Waals surface area (Å²) < 4.78 is 18.0. The third-order valence-electron chi connectivity index (χ3n) is 2.55. The number of ether oxygens (including phenoxy) is 1. The summed E-state index contributed by atoms with van der Waals surface area (Å²) in [4.78, 5) is 0. The molecule has 0 saturated carbocycles. The standard InChI is InChI=1S/C11H13FO2/c12-10-5-3-9(4-6-10)11(13)7-1-2-8-14-11/h3-6,13H,1-2,7-8H2. The first-order valence-electron chi connectivity index (χ1n) is 4.83. The van der Waals surface area contributed by atoms with Crippen LogP contribution in [0, 0.1) is 5.82 Å². The molecule has 1 aromatic rings. The maximum absolute atomic E-state index is 12.7. The quantitative estimate of drug-likeness (QED) is 0.745. The SMILES string of the molecule is OC1(c2ccc(F)cc2)CCCCO1. The van der Waals surface area contributed by atoms with Crippen molar-refractivity contribution in [1.82, 2.24) is 0 Å². The van der Waals surface area contributed by atoms with Gasteiger partial charge >= 0.3 is 0 Å². The van der Waals surface area contributed by atoms with E-state index in [4.69, 9.17) is 4.74 Å². The van der Waals surface area contributed by atoms with Crippen LogP contribution in [0.2, 0.25) is 0 Å². The maximum Gasteiger partial charge on any atom is 0.192 e. The van der Waals surface area contributed by atoms with Gasteiger partial charge in [-0.3, -0.25) is 0 Å². The van der Waals surface area contributed by atoms with Gasteiger partial charge in [-0.1, -0.05) is 12.1 Å². The van der Waals surface area contributed by atoms with Crippen molar-refractivity contribution in [3.63, 3.8) is 0 Å². The molecule has 0 spiro atoms. The van der Waals surface area contributed by atoms with E-state index in [-0.39, 0.29) is 5.82 Å². The molecule has 1 atom stereocenters. The molecular weight excluding hydrogens is 183 g/mol. The predicted molar refractivity (Wildman–Crippen MR) is 50.1 cm³/mol. The molecule has 1 aromatic carbocycles. The van der Waals surface area contributed by atoms with E-state index in [1.807, 2.05) is 0 Å². The molecule has 0 aliphatic carbocycles. The molecular formula is C11H13FO2. The fourth-order valence-electron chi connectivity index (χ4n) is 1.72. The Kier molecular flexibility index (Phi) is 2.52. The zero-order valence-electron chi connectivity index (χ0n) is 7.87. The Morgan fingerprint density at radius 1 is 1.21 bits per heavy atom. The van der Waals surface area contributed by atoms with Crippen LogP contribution in [0.3, 0.4) is 0 Å². The number of hydrogen-bond acceptors (Lipinski definition) is 2. The Morgan fingerprint density at radius 3 is 2.50 bits per heavy atom. The van der Waals surface area contributed by atoms with Crippen LogP contribution >= 0.6 is 0 Å². The van der Waals surface area contributed by atoms with Crippen molar-refractivity contribution in [2.24, 2.45) is 0 Å². The number of halogens is 1. The minimum absolute atomic E-state index is 0.298. The van der Waals surface area contributed by atoms with Crippen molar-refractivity contribution in [3.05, 3.63) is 35.6 Å². The van der Waals surface area contributed by atoms with Crippen LogP contribution in [0.1, 0.15) is 24.8 Å². The zero-order chi connectivity index (χ0) is 10.0. The number of rotatable bonds is 1. The minimum atomic E-state index is -1.20. The molecule has 1 heterocycles. The number of benzene rings is 1. The van der Waals surface area contributed by atoms with E-state index >= 15 is 0 Å². The van der Waals surface area contributed by atoms with E-state index in [0.717, 1.165) is 12.8 Å². The highest BCUT2D eigenvalue weighted by molar-refractivity contribution is 5.21. The lowest BCUT2D eigenvalue weighted by Gasteiger charge is -2.32. The lowest BCUT2D eigenvalue weighted by Crippen LogP contribution is -2.33. The van der Waals surface area contributed by atoms with Crippen LogP contribution in [0.25, 0.3) is 0 Å². The summed E-state index contributed by atoms with van der Waals surface area (Å²) in [5.41, 5.74) is 0.638. The van der Waals surface area contributed by atoms with Crippen LogP contribution in [0.15, 0.2) is 24.3 Å². The Balaban J connectivity index is 2.23. The molecule has 14 heavy (non-hydrogen) atoms. The van der Waals surface area contributed by atoms with Gasteiger partial charge < -0.3 is 9.84 Å². The van der Waals surface area contributed by atoms with Gasteiger partial charge in [0, 0.05) is 12.0 Å². The second-order valence-corrected chi connectivity index (χ2v) is 3.60. The van der Waals surface area contributed by atoms with Gasteiger partial charge in [0.25, 0.3) is 0 Å². The van der Waals surface area contributed by atoms with E-state index in [0.29, 0.717) is 18.6 Å². The number of aliphatic hydroxyl groups is 1. The van der Waals surface area contributed by atoms with Crippen molar-refractivity contribution >= 4 is 0 Å². The highest BCUT2D eigenvalue weighted by Gasteiger charge is 2.32. The van der Waals surface area contributed by atoms with E-state index in [9.17, 15) is 9.50 Å².